The molecule has 2 aromatic carbocycles. The van der Waals surface area contributed by atoms with Crippen molar-refractivity contribution >= 4 is 23.2 Å². The molecule has 1 fully saturated rings. The minimum absolute atomic E-state index is 0.100. The Hall–Kier alpha value is -2.94. The van der Waals surface area contributed by atoms with Crippen molar-refractivity contribution < 1.29 is 9.21 Å². The summed E-state index contributed by atoms with van der Waals surface area (Å²) < 4.78 is 6.61. The average molecular weight is 428 g/mol. The molecular weight excluding hydrogens is 406 g/mol. The second-order valence-corrected chi connectivity index (χ2v) is 7.51. The van der Waals surface area contributed by atoms with Crippen molar-refractivity contribution in [2.75, 3.05) is 38.0 Å². The third-order valence-corrected chi connectivity index (χ3v) is 5.27. The van der Waals surface area contributed by atoms with Gasteiger partial charge in [-0.25, -0.2) is 4.79 Å². The number of aromatic nitrogens is 2. The van der Waals surface area contributed by atoms with Crippen LogP contribution in [0.4, 0.5) is 5.69 Å². The Kier molecular flexibility index (Phi) is 6.27. The van der Waals surface area contributed by atoms with E-state index in [2.05, 4.69) is 20.2 Å². The molecule has 1 aliphatic rings. The molecule has 156 valence electrons. The molecule has 3 aromatic rings. The number of hydrogen-bond donors (Lipinski definition) is 1. The van der Waals surface area contributed by atoms with Gasteiger partial charge in [-0.3, -0.25) is 14.6 Å². The van der Waals surface area contributed by atoms with Crippen LogP contribution in [0.5, 0.6) is 0 Å². The Labute approximate surface area is 178 Å². The maximum absolute atomic E-state index is 12.3. The lowest BCUT2D eigenvalue weighted by Crippen LogP contribution is -2.49. The van der Waals surface area contributed by atoms with Gasteiger partial charge in [0.2, 0.25) is 11.8 Å². The van der Waals surface area contributed by atoms with Crippen LogP contribution in [0.2, 0.25) is 5.02 Å². The van der Waals surface area contributed by atoms with E-state index in [1.807, 2.05) is 42.5 Å². The molecule has 0 unspecified atom stereocenters. The monoisotopic (exact) mass is 427 g/mol. The molecule has 1 amide bonds. The van der Waals surface area contributed by atoms with E-state index in [1.165, 1.54) is 4.68 Å². The molecule has 0 atom stereocenters. The Bertz CT molecular complexity index is 1060. The number of hydrogen-bond acceptors (Lipinski definition) is 6. The topological polar surface area (TPSA) is 83.6 Å². The Morgan fingerprint density at radius 1 is 1.00 bits per heavy atom. The zero-order valence-corrected chi connectivity index (χ0v) is 17.1. The minimum Gasteiger partial charge on any atom is -0.388 e. The van der Waals surface area contributed by atoms with Crippen LogP contribution >= 0.6 is 11.6 Å². The SMILES string of the molecule is O=C(CN1CCN(Cn2nc(-c3ccccc3)oc2=O)CC1)Nc1ccccc1Cl. The number of rotatable bonds is 6. The minimum atomic E-state index is -0.476. The van der Waals surface area contributed by atoms with Crippen LogP contribution in [0, 0.1) is 0 Å². The molecule has 0 radical (unpaired) electrons. The number of halogens is 1. The molecule has 0 bridgehead atoms. The summed E-state index contributed by atoms with van der Waals surface area (Å²) in [6.45, 7) is 3.52. The molecule has 1 aromatic heterocycles. The van der Waals surface area contributed by atoms with E-state index in [-0.39, 0.29) is 5.91 Å². The fourth-order valence-electron chi connectivity index (χ4n) is 3.33. The number of nitrogens with zero attached hydrogens (tertiary/aromatic N) is 4. The van der Waals surface area contributed by atoms with E-state index in [4.69, 9.17) is 16.0 Å². The molecule has 1 N–H and O–H groups in total. The number of para-hydroxylation sites is 1. The van der Waals surface area contributed by atoms with Crippen molar-refractivity contribution in [3.63, 3.8) is 0 Å². The highest BCUT2D eigenvalue weighted by molar-refractivity contribution is 6.33. The van der Waals surface area contributed by atoms with Crippen molar-refractivity contribution in [2.45, 2.75) is 6.67 Å². The predicted molar refractivity (Wildman–Crippen MR) is 114 cm³/mol. The van der Waals surface area contributed by atoms with Gasteiger partial charge in [0.05, 0.1) is 17.3 Å². The highest BCUT2D eigenvalue weighted by Gasteiger charge is 2.21. The van der Waals surface area contributed by atoms with Gasteiger partial charge in [0.15, 0.2) is 0 Å². The van der Waals surface area contributed by atoms with E-state index in [0.29, 0.717) is 42.9 Å². The first-order valence-corrected chi connectivity index (χ1v) is 10.1. The summed E-state index contributed by atoms with van der Waals surface area (Å²) >= 11 is 6.08. The lowest BCUT2D eigenvalue weighted by Gasteiger charge is -2.33. The van der Waals surface area contributed by atoms with Gasteiger partial charge in [-0.2, -0.15) is 4.68 Å². The van der Waals surface area contributed by atoms with Crippen LogP contribution in [-0.2, 0) is 11.5 Å². The van der Waals surface area contributed by atoms with E-state index >= 15 is 0 Å². The van der Waals surface area contributed by atoms with Crippen LogP contribution in [-0.4, -0.2) is 58.2 Å². The highest BCUT2D eigenvalue weighted by atomic mass is 35.5. The van der Waals surface area contributed by atoms with E-state index in [0.717, 1.165) is 18.7 Å². The molecule has 30 heavy (non-hydrogen) atoms. The molecule has 2 heterocycles. The fourth-order valence-corrected chi connectivity index (χ4v) is 3.51. The maximum atomic E-state index is 12.3. The van der Waals surface area contributed by atoms with Crippen molar-refractivity contribution in [2.24, 2.45) is 0 Å². The van der Waals surface area contributed by atoms with Crippen molar-refractivity contribution in [1.29, 1.82) is 0 Å². The summed E-state index contributed by atoms with van der Waals surface area (Å²) in [6, 6.07) is 16.5. The first-order chi connectivity index (χ1) is 14.6. The maximum Gasteiger partial charge on any atom is 0.438 e. The largest absolute Gasteiger partial charge is 0.438 e. The van der Waals surface area contributed by atoms with Gasteiger partial charge in [-0.1, -0.05) is 41.9 Å². The van der Waals surface area contributed by atoms with Gasteiger partial charge >= 0.3 is 5.76 Å². The predicted octanol–water partition coefficient (Wildman–Crippen LogP) is 2.37. The first-order valence-electron chi connectivity index (χ1n) is 9.71. The number of anilines is 1. The number of piperazine rings is 1. The summed E-state index contributed by atoms with van der Waals surface area (Å²) in [5.41, 5.74) is 1.38. The van der Waals surface area contributed by atoms with Gasteiger partial charge in [0.25, 0.3) is 0 Å². The summed E-state index contributed by atoms with van der Waals surface area (Å²) in [5.74, 6) is -0.261. The molecule has 1 aliphatic heterocycles. The molecule has 1 saturated heterocycles. The molecule has 4 rings (SSSR count). The standard InChI is InChI=1S/C21H22ClN5O3/c22-17-8-4-5-9-18(17)23-19(28)14-25-10-12-26(13-11-25)15-27-21(29)30-20(24-27)16-6-2-1-3-7-16/h1-9H,10-15H2,(H,23,28). The van der Waals surface area contributed by atoms with Gasteiger partial charge in [0, 0.05) is 31.7 Å². The number of carbonyl (C=O) groups excluding carboxylic acids is 1. The average Bonchev–Trinajstić information content (AvgIpc) is 3.12. The van der Waals surface area contributed by atoms with Crippen LogP contribution in [0.15, 0.2) is 63.8 Å². The Morgan fingerprint density at radius 2 is 1.67 bits per heavy atom. The van der Waals surface area contributed by atoms with Crippen molar-refractivity contribution in [3.8, 4) is 11.5 Å². The number of amides is 1. The van der Waals surface area contributed by atoms with Crippen LogP contribution in [0.25, 0.3) is 11.5 Å². The quantitative estimate of drug-likeness (QED) is 0.650. The first kappa shape index (κ1) is 20.3. The summed E-state index contributed by atoms with van der Waals surface area (Å²) in [6.07, 6.45) is 0. The molecule has 0 aliphatic carbocycles. The summed E-state index contributed by atoms with van der Waals surface area (Å²) in [5, 5.41) is 7.66. The Morgan fingerprint density at radius 3 is 2.40 bits per heavy atom. The fraction of sp³-hybridized carbons (Fsp3) is 0.286. The zero-order valence-electron chi connectivity index (χ0n) is 16.3. The third kappa shape index (κ3) is 4.96. The molecule has 8 nitrogen and oxygen atoms in total. The molecule has 0 saturated carbocycles. The van der Waals surface area contributed by atoms with E-state index in [1.54, 1.807) is 12.1 Å². The molecule has 0 spiro atoms. The lowest BCUT2D eigenvalue weighted by atomic mass is 10.2. The third-order valence-electron chi connectivity index (χ3n) is 4.94. The van der Waals surface area contributed by atoms with Crippen molar-refractivity contribution in [3.05, 3.63) is 70.2 Å². The highest BCUT2D eigenvalue weighted by Crippen LogP contribution is 2.20. The van der Waals surface area contributed by atoms with Gasteiger partial charge in [-0.15, -0.1) is 5.10 Å². The van der Waals surface area contributed by atoms with Gasteiger partial charge in [-0.05, 0) is 24.3 Å². The second-order valence-electron chi connectivity index (χ2n) is 7.10. The van der Waals surface area contributed by atoms with Crippen molar-refractivity contribution in [1.82, 2.24) is 19.6 Å². The van der Waals surface area contributed by atoms with Gasteiger partial charge in [0.1, 0.15) is 6.67 Å². The smallest absolute Gasteiger partial charge is 0.388 e. The van der Waals surface area contributed by atoms with Crippen LogP contribution in [0.1, 0.15) is 0 Å². The molecular formula is C21H22ClN5O3. The van der Waals surface area contributed by atoms with Gasteiger partial charge < -0.3 is 9.73 Å². The Balaban J connectivity index is 1.28. The number of carbonyl (C=O) groups is 1. The van der Waals surface area contributed by atoms with Crippen LogP contribution in [0.3, 0.4) is 0 Å². The summed E-state index contributed by atoms with van der Waals surface area (Å²) in [4.78, 5) is 28.6. The molecule has 9 heteroatoms. The zero-order chi connectivity index (χ0) is 20.9. The second kappa shape index (κ2) is 9.25. The van der Waals surface area contributed by atoms with E-state index in [9.17, 15) is 9.59 Å². The number of benzene rings is 2. The lowest BCUT2D eigenvalue weighted by molar-refractivity contribution is -0.117. The number of nitrogens with one attached hydrogen (secondary N) is 1. The normalized spacial score (nSPS) is 15.2. The van der Waals surface area contributed by atoms with Crippen LogP contribution < -0.4 is 11.1 Å². The summed E-state index contributed by atoms with van der Waals surface area (Å²) in [7, 11) is 0. The van der Waals surface area contributed by atoms with E-state index < -0.39 is 5.76 Å².